The summed E-state index contributed by atoms with van der Waals surface area (Å²) in [4.78, 5) is 36.2. The molecule has 0 aliphatic heterocycles. The molecule has 0 spiro atoms. The minimum atomic E-state index is -0.937. The number of nitrogens with zero attached hydrogens (tertiary/aromatic N) is 1. The van der Waals surface area contributed by atoms with E-state index in [0.29, 0.717) is 33.3 Å². The maximum atomic E-state index is 12.2. The van der Waals surface area contributed by atoms with Crippen LogP contribution in [-0.2, 0) is 9.59 Å². The maximum Gasteiger partial charge on any atom is 0.343 e. The number of para-hydroxylation sites is 1. The second kappa shape index (κ2) is 10.4. The van der Waals surface area contributed by atoms with Crippen molar-refractivity contribution < 1.29 is 19.1 Å². The lowest BCUT2D eigenvalue weighted by molar-refractivity contribution is -0.136. The van der Waals surface area contributed by atoms with Gasteiger partial charge in [-0.1, -0.05) is 41.4 Å². The van der Waals surface area contributed by atoms with Crippen LogP contribution in [0.15, 0.2) is 77.9 Å². The van der Waals surface area contributed by atoms with Crippen molar-refractivity contribution in [1.29, 1.82) is 0 Å². The summed E-state index contributed by atoms with van der Waals surface area (Å²) in [5, 5.41) is 6.67. The van der Waals surface area contributed by atoms with E-state index in [0.717, 1.165) is 5.56 Å². The topological polar surface area (TPSA) is 96.9 Å². The lowest BCUT2D eigenvalue weighted by Gasteiger charge is -2.07. The number of hydrazone groups is 1. The first-order chi connectivity index (χ1) is 15.3. The van der Waals surface area contributed by atoms with Gasteiger partial charge in [-0.3, -0.25) is 9.59 Å². The molecule has 0 unspecified atom stereocenters. The molecular weight excluding hydrogens is 430 g/mol. The van der Waals surface area contributed by atoms with E-state index in [9.17, 15) is 14.4 Å². The van der Waals surface area contributed by atoms with Crippen molar-refractivity contribution in [2.75, 3.05) is 5.32 Å². The van der Waals surface area contributed by atoms with Crippen molar-refractivity contribution in [3.63, 3.8) is 0 Å². The molecule has 3 aromatic rings. The van der Waals surface area contributed by atoms with Gasteiger partial charge < -0.3 is 10.1 Å². The van der Waals surface area contributed by atoms with Crippen LogP contribution < -0.4 is 15.5 Å². The molecule has 32 heavy (non-hydrogen) atoms. The van der Waals surface area contributed by atoms with Crippen molar-refractivity contribution in [2.45, 2.75) is 13.8 Å². The van der Waals surface area contributed by atoms with E-state index < -0.39 is 17.8 Å². The Balaban J connectivity index is 1.58. The van der Waals surface area contributed by atoms with Gasteiger partial charge in [0.1, 0.15) is 5.75 Å². The smallest absolute Gasteiger partial charge is 0.343 e. The van der Waals surface area contributed by atoms with Crippen LogP contribution in [0.4, 0.5) is 5.69 Å². The Kier molecular flexibility index (Phi) is 7.36. The zero-order chi connectivity index (χ0) is 23.1. The van der Waals surface area contributed by atoms with Gasteiger partial charge in [-0.2, -0.15) is 5.10 Å². The number of esters is 1. The molecule has 0 aromatic heterocycles. The van der Waals surface area contributed by atoms with Gasteiger partial charge in [0.25, 0.3) is 0 Å². The largest absolute Gasteiger partial charge is 0.423 e. The monoisotopic (exact) mass is 449 g/mol. The quantitative estimate of drug-likeness (QED) is 0.199. The van der Waals surface area contributed by atoms with E-state index in [1.807, 2.05) is 13.0 Å². The van der Waals surface area contributed by atoms with Gasteiger partial charge in [0.2, 0.25) is 0 Å². The van der Waals surface area contributed by atoms with E-state index in [2.05, 4.69) is 15.8 Å². The van der Waals surface area contributed by atoms with Crippen LogP contribution in [0.5, 0.6) is 5.75 Å². The molecule has 162 valence electrons. The first-order valence-corrected chi connectivity index (χ1v) is 10.0. The summed E-state index contributed by atoms with van der Waals surface area (Å²) in [6.07, 6.45) is 0. The third kappa shape index (κ3) is 6.02. The first-order valence-electron chi connectivity index (χ1n) is 9.63. The van der Waals surface area contributed by atoms with E-state index in [4.69, 9.17) is 16.3 Å². The Bertz CT molecular complexity index is 1190. The lowest BCUT2D eigenvalue weighted by Crippen LogP contribution is -2.33. The number of carbonyl (C=O) groups excluding carboxylic acids is 3. The third-order valence-corrected chi connectivity index (χ3v) is 4.72. The number of anilines is 1. The van der Waals surface area contributed by atoms with Crippen LogP contribution >= 0.6 is 11.6 Å². The number of halogens is 1. The SMILES string of the molecule is C/C(=N\NC(=O)C(=O)Nc1ccccc1Cl)c1ccc(OC(=O)c2cccc(C)c2)cc1. The summed E-state index contributed by atoms with van der Waals surface area (Å²) in [6.45, 7) is 3.56. The molecule has 0 saturated carbocycles. The van der Waals surface area contributed by atoms with E-state index in [1.54, 1.807) is 73.7 Å². The van der Waals surface area contributed by atoms with Gasteiger partial charge in [0.15, 0.2) is 0 Å². The summed E-state index contributed by atoms with van der Waals surface area (Å²) in [7, 11) is 0. The molecule has 8 heteroatoms. The highest BCUT2D eigenvalue weighted by Crippen LogP contribution is 2.20. The number of nitrogens with one attached hydrogen (secondary N) is 2. The Morgan fingerprint density at radius 3 is 2.28 bits per heavy atom. The Morgan fingerprint density at radius 1 is 0.875 bits per heavy atom. The molecule has 0 radical (unpaired) electrons. The fraction of sp³-hybridized carbons (Fsp3) is 0.0833. The highest BCUT2D eigenvalue weighted by molar-refractivity contribution is 6.41. The van der Waals surface area contributed by atoms with E-state index in [1.165, 1.54) is 0 Å². The van der Waals surface area contributed by atoms with Gasteiger partial charge in [-0.05, 0) is 67.9 Å². The van der Waals surface area contributed by atoms with Crippen LogP contribution in [0, 0.1) is 6.92 Å². The van der Waals surface area contributed by atoms with Gasteiger partial charge in [-0.25, -0.2) is 10.2 Å². The average molecular weight is 450 g/mol. The molecule has 0 atom stereocenters. The van der Waals surface area contributed by atoms with Crippen LogP contribution in [0.1, 0.15) is 28.4 Å². The standard InChI is InChI=1S/C24H20ClN3O4/c1-15-6-5-7-18(14-15)24(31)32-19-12-10-17(11-13-19)16(2)27-28-23(30)22(29)26-21-9-4-3-8-20(21)25/h3-14H,1-2H3,(H,26,29)(H,28,30)/b27-16+. The molecule has 0 fully saturated rings. The molecule has 0 bridgehead atoms. The molecule has 0 heterocycles. The number of benzene rings is 3. The number of rotatable bonds is 5. The molecule has 0 saturated heterocycles. The zero-order valence-electron chi connectivity index (χ0n) is 17.4. The summed E-state index contributed by atoms with van der Waals surface area (Å²) in [6, 6.07) is 20.3. The molecule has 0 aliphatic rings. The van der Waals surface area contributed by atoms with Crippen LogP contribution in [0.25, 0.3) is 0 Å². The molecule has 2 amide bonds. The average Bonchev–Trinajstić information content (AvgIpc) is 2.79. The maximum absolute atomic E-state index is 12.2. The van der Waals surface area contributed by atoms with Crippen molar-refractivity contribution in [1.82, 2.24) is 5.43 Å². The van der Waals surface area contributed by atoms with E-state index >= 15 is 0 Å². The van der Waals surface area contributed by atoms with Crippen molar-refractivity contribution in [3.05, 3.63) is 94.5 Å². The van der Waals surface area contributed by atoms with Crippen molar-refractivity contribution >= 4 is 40.8 Å². The normalized spacial score (nSPS) is 10.9. The minimum absolute atomic E-state index is 0.316. The highest BCUT2D eigenvalue weighted by atomic mass is 35.5. The predicted molar refractivity (Wildman–Crippen MR) is 123 cm³/mol. The summed E-state index contributed by atoms with van der Waals surface area (Å²) < 4.78 is 5.37. The number of hydrogen-bond acceptors (Lipinski definition) is 5. The molecular formula is C24H20ClN3O4. The van der Waals surface area contributed by atoms with Crippen molar-refractivity contribution in [2.24, 2.45) is 5.10 Å². The van der Waals surface area contributed by atoms with Gasteiger partial charge in [0, 0.05) is 0 Å². The Labute approximate surface area is 190 Å². The van der Waals surface area contributed by atoms with E-state index in [-0.39, 0.29) is 0 Å². The van der Waals surface area contributed by atoms with Crippen LogP contribution in [-0.4, -0.2) is 23.5 Å². The molecule has 3 rings (SSSR count). The summed E-state index contributed by atoms with van der Waals surface area (Å²) in [5.74, 6) is -1.92. The highest BCUT2D eigenvalue weighted by Gasteiger charge is 2.15. The number of ether oxygens (including phenoxy) is 1. The Hall–Kier alpha value is -3.97. The number of amides is 2. The van der Waals surface area contributed by atoms with Crippen LogP contribution in [0.2, 0.25) is 5.02 Å². The van der Waals surface area contributed by atoms with Gasteiger partial charge in [0.05, 0.1) is 22.0 Å². The van der Waals surface area contributed by atoms with Gasteiger partial charge >= 0.3 is 17.8 Å². The molecule has 0 aliphatic carbocycles. The fourth-order valence-electron chi connectivity index (χ4n) is 2.69. The first kappa shape index (κ1) is 22.7. The van der Waals surface area contributed by atoms with Crippen LogP contribution in [0.3, 0.4) is 0 Å². The number of aryl methyl sites for hydroxylation is 1. The molecule has 3 aromatic carbocycles. The lowest BCUT2D eigenvalue weighted by atomic mass is 10.1. The Morgan fingerprint density at radius 2 is 1.59 bits per heavy atom. The number of carbonyl (C=O) groups is 3. The predicted octanol–water partition coefficient (Wildman–Crippen LogP) is 4.35. The second-order valence-electron chi connectivity index (χ2n) is 6.86. The van der Waals surface area contributed by atoms with Gasteiger partial charge in [-0.15, -0.1) is 0 Å². The summed E-state index contributed by atoms with van der Waals surface area (Å²) >= 11 is 5.96. The third-order valence-electron chi connectivity index (χ3n) is 4.39. The zero-order valence-corrected chi connectivity index (χ0v) is 18.1. The number of hydrogen-bond donors (Lipinski definition) is 2. The fourth-order valence-corrected chi connectivity index (χ4v) is 2.88. The van der Waals surface area contributed by atoms with Crippen molar-refractivity contribution in [3.8, 4) is 5.75 Å². The molecule has 7 nitrogen and oxygen atoms in total. The molecule has 2 N–H and O–H groups in total. The second-order valence-corrected chi connectivity index (χ2v) is 7.26. The summed E-state index contributed by atoms with van der Waals surface area (Å²) in [5.41, 5.74) is 5.08. The minimum Gasteiger partial charge on any atom is -0.423 e.